The quantitative estimate of drug-likeness (QED) is 0.851. The largest absolute Gasteiger partial charge is 0.316 e. The van der Waals surface area contributed by atoms with E-state index in [-0.39, 0.29) is 0 Å². The van der Waals surface area contributed by atoms with Gasteiger partial charge in [0.25, 0.3) is 0 Å². The molecule has 1 fully saturated rings. The molecule has 3 nitrogen and oxygen atoms in total. The number of likely N-dealkylation sites (N-methyl/N-ethyl adjacent to an activating group) is 1. The molecule has 2 atom stereocenters. The Bertz CT molecular complexity index is 286. The number of hydrogen-bond donors (Lipinski definition) is 1. The van der Waals surface area contributed by atoms with E-state index in [9.17, 15) is 0 Å². The summed E-state index contributed by atoms with van der Waals surface area (Å²) in [4.78, 5) is 6.93. The van der Waals surface area contributed by atoms with E-state index < -0.39 is 0 Å². The molecule has 0 unspecified atom stereocenters. The Labute approximate surface area is 95.5 Å². The maximum absolute atomic E-state index is 4.40. The summed E-state index contributed by atoms with van der Waals surface area (Å²) in [5.41, 5.74) is 0. The predicted octanol–water partition coefficient (Wildman–Crippen LogP) is 1.89. The summed E-state index contributed by atoms with van der Waals surface area (Å²) in [5, 5.41) is 6.68. The second-order valence-electron chi connectivity index (χ2n) is 4.17. The van der Waals surface area contributed by atoms with Crippen LogP contribution in [0.1, 0.15) is 30.8 Å². The number of thiazole rings is 1. The summed E-state index contributed by atoms with van der Waals surface area (Å²) >= 11 is 1.76. The second-order valence-corrected chi connectivity index (χ2v) is 5.10. The molecule has 0 radical (unpaired) electrons. The lowest BCUT2D eigenvalue weighted by Gasteiger charge is -2.35. The van der Waals surface area contributed by atoms with Gasteiger partial charge < -0.3 is 5.32 Å². The molecule has 1 aliphatic heterocycles. The molecule has 1 N–H and O–H groups in total. The van der Waals surface area contributed by atoms with E-state index in [2.05, 4.69) is 34.6 Å². The van der Waals surface area contributed by atoms with Gasteiger partial charge in [0.05, 0.1) is 6.04 Å². The summed E-state index contributed by atoms with van der Waals surface area (Å²) in [5.74, 6) is 0. The summed E-state index contributed by atoms with van der Waals surface area (Å²) in [6, 6.07) is 1.13. The molecule has 0 saturated carbocycles. The third-order valence-corrected chi connectivity index (χ3v) is 4.16. The fourth-order valence-electron chi connectivity index (χ4n) is 2.19. The van der Waals surface area contributed by atoms with Crippen molar-refractivity contribution in [3.05, 3.63) is 16.6 Å². The standard InChI is InChI=1S/C11H19N3S/c1-9(11-13-5-7-15-11)14-6-3-4-10(8-14)12-2/h5,7,9-10,12H,3-4,6,8H2,1-2H3/t9-,10+/m0/s1. The van der Waals surface area contributed by atoms with Crippen molar-refractivity contribution in [2.45, 2.75) is 31.8 Å². The van der Waals surface area contributed by atoms with E-state index in [0.717, 1.165) is 6.54 Å². The Morgan fingerprint density at radius 2 is 2.53 bits per heavy atom. The molecule has 1 saturated heterocycles. The van der Waals surface area contributed by atoms with Crippen molar-refractivity contribution in [3.8, 4) is 0 Å². The van der Waals surface area contributed by atoms with Gasteiger partial charge in [0, 0.05) is 24.2 Å². The predicted molar refractivity (Wildman–Crippen MR) is 64.2 cm³/mol. The highest BCUT2D eigenvalue weighted by molar-refractivity contribution is 7.09. The number of rotatable bonds is 3. The number of aromatic nitrogens is 1. The minimum atomic E-state index is 0.473. The number of piperidine rings is 1. The van der Waals surface area contributed by atoms with Crippen LogP contribution in [0.2, 0.25) is 0 Å². The number of hydrogen-bond acceptors (Lipinski definition) is 4. The lowest BCUT2D eigenvalue weighted by molar-refractivity contribution is 0.149. The summed E-state index contributed by atoms with van der Waals surface area (Å²) in [7, 11) is 2.06. The van der Waals surface area contributed by atoms with Crippen LogP contribution in [-0.2, 0) is 0 Å². The molecular weight excluding hydrogens is 206 g/mol. The highest BCUT2D eigenvalue weighted by atomic mass is 32.1. The SMILES string of the molecule is CN[C@@H]1CCCN([C@@H](C)c2nccs2)C1. The Kier molecular flexibility index (Phi) is 3.72. The van der Waals surface area contributed by atoms with Crippen molar-refractivity contribution < 1.29 is 0 Å². The van der Waals surface area contributed by atoms with Crippen LogP contribution in [0.3, 0.4) is 0 Å². The zero-order chi connectivity index (χ0) is 10.7. The first-order valence-electron chi connectivity index (χ1n) is 5.62. The highest BCUT2D eigenvalue weighted by Crippen LogP contribution is 2.25. The molecule has 1 aromatic heterocycles. The van der Waals surface area contributed by atoms with Gasteiger partial charge in [0.2, 0.25) is 0 Å². The van der Waals surface area contributed by atoms with E-state index in [0.29, 0.717) is 12.1 Å². The molecule has 4 heteroatoms. The Morgan fingerprint density at radius 1 is 1.67 bits per heavy atom. The third-order valence-electron chi connectivity index (χ3n) is 3.22. The van der Waals surface area contributed by atoms with Crippen molar-refractivity contribution in [1.82, 2.24) is 15.2 Å². The fourth-order valence-corrected chi connectivity index (χ4v) is 2.92. The normalized spacial score (nSPS) is 25.3. The van der Waals surface area contributed by atoms with Crippen molar-refractivity contribution in [1.29, 1.82) is 0 Å². The van der Waals surface area contributed by atoms with E-state index in [1.165, 1.54) is 24.4 Å². The number of likely N-dealkylation sites (tertiary alicyclic amines) is 1. The fraction of sp³-hybridized carbons (Fsp3) is 0.727. The molecule has 1 aromatic rings. The first-order valence-corrected chi connectivity index (χ1v) is 6.50. The minimum absolute atomic E-state index is 0.473. The zero-order valence-electron chi connectivity index (χ0n) is 9.44. The van der Waals surface area contributed by atoms with Crippen LogP contribution in [-0.4, -0.2) is 36.1 Å². The third kappa shape index (κ3) is 2.56. The van der Waals surface area contributed by atoms with Crippen LogP contribution in [0.15, 0.2) is 11.6 Å². The van der Waals surface area contributed by atoms with Crippen molar-refractivity contribution >= 4 is 11.3 Å². The molecule has 84 valence electrons. The average molecular weight is 225 g/mol. The first kappa shape index (κ1) is 11.0. The summed E-state index contributed by atoms with van der Waals surface area (Å²) < 4.78 is 0. The van der Waals surface area contributed by atoms with Gasteiger partial charge in [0.1, 0.15) is 5.01 Å². The van der Waals surface area contributed by atoms with Crippen LogP contribution in [0.25, 0.3) is 0 Å². The van der Waals surface area contributed by atoms with Crippen molar-refractivity contribution in [2.75, 3.05) is 20.1 Å². The van der Waals surface area contributed by atoms with E-state index in [1.807, 2.05) is 6.20 Å². The van der Waals surface area contributed by atoms with E-state index >= 15 is 0 Å². The van der Waals surface area contributed by atoms with Gasteiger partial charge in [-0.05, 0) is 33.4 Å². The van der Waals surface area contributed by atoms with Crippen molar-refractivity contribution in [3.63, 3.8) is 0 Å². The van der Waals surface area contributed by atoms with E-state index in [4.69, 9.17) is 0 Å². The molecule has 0 aliphatic carbocycles. The highest BCUT2D eigenvalue weighted by Gasteiger charge is 2.24. The Hall–Kier alpha value is -0.450. The molecule has 1 aliphatic rings. The number of nitrogens with one attached hydrogen (secondary N) is 1. The molecule has 2 rings (SSSR count). The van der Waals surface area contributed by atoms with Crippen LogP contribution >= 0.6 is 11.3 Å². The first-order chi connectivity index (χ1) is 7.31. The van der Waals surface area contributed by atoms with Gasteiger partial charge in [0.15, 0.2) is 0 Å². The molecule has 2 heterocycles. The zero-order valence-corrected chi connectivity index (χ0v) is 10.3. The van der Waals surface area contributed by atoms with Crippen molar-refractivity contribution in [2.24, 2.45) is 0 Å². The monoisotopic (exact) mass is 225 g/mol. The van der Waals surface area contributed by atoms with Crippen LogP contribution in [0.5, 0.6) is 0 Å². The van der Waals surface area contributed by atoms with Crippen LogP contribution in [0.4, 0.5) is 0 Å². The minimum Gasteiger partial charge on any atom is -0.316 e. The Balaban J connectivity index is 1.98. The van der Waals surface area contributed by atoms with Gasteiger partial charge in [-0.2, -0.15) is 0 Å². The van der Waals surface area contributed by atoms with Crippen LogP contribution in [0, 0.1) is 0 Å². The summed E-state index contributed by atoms with van der Waals surface area (Å²) in [6.45, 7) is 4.62. The molecule has 0 amide bonds. The molecule has 0 bridgehead atoms. The van der Waals surface area contributed by atoms with Crippen LogP contribution < -0.4 is 5.32 Å². The molecule has 0 aromatic carbocycles. The molecular formula is C11H19N3S. The van der Waals surface area contributed by atoms with Gasteiger partial charge in [-0.1, -0.05) is 0 Å². The average Bonchev–Trinajstić information content (AvgIpc) is 2.81. The maximum atomic E-state index is 4.40. The summed E-state index contributed by atoms with van der Waals surface area (Å²) in [6.07, 6.45) is 4.49. The second kappa shape index (κ2) is 5.05. The topological polar surface area (TPSA) is 28.2 Å². The smallest absolute Gasteiger partial charge is 0.109 e. The number of nitrogens with zero attached hydrogens (tertiary/aromatic N) is 2. The maximum Gasteiger partial charge on any atom is 0.109 e. The van der Waals surface area contributed by atoms with Gasteiger partial charge in [-0.3, -0.25) is 4.90 Å². The molecule has 0 spiro atoms. The van der Waals surface area contributed by atoms with Gasteiger partial charge >= 0.3 is 0 Å². The van der Waals surface area contributed by atoms with Gasteiger partial charge in [-0.15, -0.1) is 11.3 Å². The van der Waals surface area contributed by atoms with Gasteiger partial charge in [-0.25, -0.2) is 4.98 Å². The molecule has 15 heavy (non-hydrogen) atoms. The lowest BCUT2D eigenvalue weighted by Crippen LogP contribution is -2.45. The Morgan fingerprint density at radius 3 is 3.20 bits per heavy atom. The lowest BCUT2D eigenvalue weighted by atomic mass is 10.0. The van der Waals surface area contributed by atoms with E-state index in [1.54, 1.807) is 11.3 Å².